The van der Waals surface area contributed by atoms with Crippen LogP contribution in [0.2, 0.25) is 0 Å². The Morgan fingerprint density at radius 2 is 2.17 bits per heavy atom. The van der Waals surface area contributed by atoms with Crippen LogP contribution in [0.15, 0.2) is 18.2 Å². The summed E-state index contributed by atoms with van der Waals surface area (Å²) in [6.45, 7) is 0.336. The molecule has 0 aromatic heterocycles. The van der Waals surface area contributed by atoms with Crippen molar-refractivity contribution >= 4 is 11.4 Å². The molecule has 0 heterocycles. The minimum Gasteiger partial charge on any atom is -0.393 e. The molecule has 1 aromatic rings. The number of hydrogen-bond donors (Lipinski definition) is 2. The molecule has 0 radical (unpaired) electrons. The van der Waals surface area contributed by atoms with Crippen molar-refractivity contribution in [1.82, 2.24) is 0 Å². The first-order chi connectivity index (χ1) is 5.65. The van der Waals surface area contributed by atoms with Gasteiger partial charge in [-0.25, -0.2) is 0 Å². The van der Waals surface area contributed by atoms with Crippen LogP contribution < -0.4 is 11.5 Å². The van der Waals surface area contributed by atoms with Gasteiger partial charge in [0.25, 0.3) is 5.69 Å². The topological polar surface area (TPSA) is 95.2 Å². The average molecular weight is 167 g/mol. The predicted octanol–water partition coefficient (Wildman–Crippen LogP) is 0.636. The van der Waals surface area contributed by atoms with Crippen molar-refractivity contribution in [3.8, 4) is 0 Å². The molecule has 0 aliphatic heterocycles. The second-order valence-corrected chi connectivity index (χ2v) is 2.35. The Labute approximate surface area is 69.1 Å². The van der Waals surface area contributed by atoms with Gasteiger partial charge in [-0.1, -0.05) is 6.07 Å². The Balaban J connectivity index is 3.12. The molecule has 0 saturated carbocycles. The summed E-state index contributed by atoms with van der Waals surface area (Å²) in [6.07, 6.45) is 0. The second-order valence-electron chi connectivity index (χ2n) is 2.35. The van der Waals surface area contributed by atoms with Crippen molar-refractivity contribution < 1.29 is 4.92 Å². The zero-order valence-corrected chi connectivity index (χ0v) is 6.36. The van der Waals surface area contributed by atoms with Crippen LogP contribution in [0, 0.1) is 10.1 Å². The van der Waals surface area contributed by atoms with Gasteiger partial charge in [-0.05, 0) is 11.6 Å². The van der Waals surface area contributed by atoms with E-state index >= 15 is 0 Å². The molecular weight excluding hydrogens is 158 g/mol. The highest BCUT2D eigenvalue weighted by Gasteiger charge is 2.09. The van der Waals surface area contributed by atoms with E-state index in [-0.39, 0.29) is 11.4 Å². The molecule has 1 rings (SSSR count). The number of anilines is 1. The quantitative estimate of drug-likeness (QED) is 0.383. The number of nitrogens with zero attached hydrogens (tertiary/aromatic N) is 1. The van der Waals surface area contributed by atoms with Gasteiger partial charge in [0.05, 0.1) is 4.92 Å². The monoisotopic (exact) mass is 167 g/mol. The van der Waals surface area contributed by atoms with Crippen LogP contribution in [0.25, 0.3) is 0 Å². The van der Waals surface area contributed by atoms with Crippen LogP contribution in [0.1, 0.15) is 5.56 Å². The second kappa shape index (κ2) is 3.19. The molecule has 12 heavy (non-hydrogen) atoms. The van der Waals surface area contributed by atoms with Crippen molar-refractivity contribution in [3.63, 3.8) is 0 Å². The summed E-state index contributed by atoms with van der Waals surface area (Å²) in [7, 11) is 0. The molecule has 1 aromatic carbocycles. The van der Waals surface area contributed by atoms with Crippen LogP contribution in [0.4, 0.5) is 11.4 Å². The van der Waals surface area contributed by atoms with Crippen LogP contribution >= 0.6 is 0 Å². The van der Waals surface area contributed by atoms with E-state index in [9.17, 15) is 10.1 Å². The van der Waals surface area contributed by atoms with Gasteiger partial charge in [-0.2, -0.15) is 0 Å². The van der Waals surface area contributed by atoms with Gasteiger partial charge in [0.15, 0.2) is 0 Å². The predicted molar refractivity (Wildman–Crippen MR) is 45.4 cm³/mol. The van der Waals surface area contributed by atoms with Crippen molar-refractivity contribution in [1.29, 1.82) is 0 Å². The van der Waals surface area contributed by atoms with E-state index in [0.29, 0.717) is 6.54 Å². The van der Waals surface area contributed by atoms with Crippen LogP contribution in [-0.4, -0.2) is 4.92 Å². The molecule has 5 heteroatoms. The molecule has 0 aliphatic carbocycles. The van der Waals surface area contributed by atoms with Gasteiger partial charge in [0.2, 0.25) is 0 Å². The molecule has 5 nitrogen and oxygen atoms in total. The number of hydrogen-bond acceptors (Lipinski definition) is 4. The molecule has 0 aliphatic rings. The number of nitrogens with two attached hydrogens (primary N) is 2. The van der Waals surface area contributed by atoms with E-state index in [1.807, 2.05) is 0 Å². The van der Waals surface area contributed by atoms with Crippen molar-refractivity contribution in [2.24, 2.45) is 5.73 Å². The summed E-state index contributed by atoms with van der Waals surface area (Å²) >= 11 is 0. The summed E-state index contributed by atoms with van der Waals surface area (Å²) in [6, 6.07) is 4.46. The fraction of sp³-hybridized carbons (Fsp3) is 0.143. The minimum atomic E-state index is -0.518. The highest BCUT2D eigenvalue weighted by molar-refractivity contribution is 5.59. The van der Waals surface area contributed by atoms with Crippen LogP contribution in [0.5, 0.6) is 0 Å². The molecule has 0 atom stereocenters. The maximum Gasteiger partial charge on any atom is 0.292 e. The van der Waals surface area contributed by atoms with Gasteiger partial charge in [-0.3, -0.25) is 10.1 Å². The van der Waals surface area contributed by atoms with Gasteiger partial charge in [0.1, 0.15) is 5.69 Å². The fourth-order valence-corrected chi connectivity index (χ4v) is 0.897. The smallest absolute Gasteiger partial charge is 0.292 e. The van der Waals surface area contributed by atoms with Crippen LogP contribution in [0.3, 0.4) is 0 Å². The van der Waals surface area contributed by atoms with E-state index in [1.54, 1.807) is 6.07 Å². The summed E-state index contributed by atoms with van der Waals surface area (Å²) in [5.41, 5.74) is 11.6. The Morgan fingerprint density at radius 1 is 1.50 bits per heavy atom. The lowest BCUT2D eigenvalue weighted by molar-refractivity contribution is -0.383. The first-order valence-electron chi connectivity index (χ1n) is 3.38. The summed E-state index contributed by atoms with van der Waals surface area (Å²) < 4.78 is 0. The third kappa shape index (κ3) is 1.51. The molecule has 4 N–H and O–H groups in total. The largest absolute Gasteiger partial charge is 0.393 e. The normalized spacial score (nSPS) is 9.75. The Hall–Kier alpha value is -1.62. The molecule has 0 unspecified atom stereocenters. The highest BCUT2D eigenvalue weighted by atomic mass is 16.6. The number of nitrogen functional groups attached to an aromatic ring is 1. The van der Waals surface area contributed by atoms with Crippen molar-refractivity contribution in [2.45, 2.75) is 6.54 Å². The number of nitro groups is 1. The maximum atomic E-state index is 10.3. The van der Waals surface area contributed by atoms with Crippen molar-refractivity contribution in [2.75, 3.05) is 5.73 Å². The maximum absolute atomic E-state index is 10.3. The zero-order chi connectivity index (χ0) is 9.14. The third-order valence-corrected chi connectivity index (χ3v) is 1.52. The third-order valence-electron chi connectivity index (χ3n) is 1.52. The van der Waals surface area contributed by atoms with Gasteiger partial charge >= 0.3 is 0 Å². The standard InChI is InChI=1S/C7H9N3O2/c8-4-5-1-2-7(10(11)12)6(9)3-5/h1-3H,4,8-9H2. The van der Waals surface area contributed by atoms with Gasteiger partial charge < -0.3 is 11.5 Å². The average Bonchev–Trinajstić information content (AvgIpc) is 2.03. The molecule has 0 spiro atoms. The highest BCUT2D eigenvalue weighted by Crippen LogP contribution is 2.21. The Kier molecular flexibility index (Phi) is 2.25. The minimum absolute atomic E-state index is 0.0767. The number of rotatable bonds is 2. The summed E-state index contributed by atoms with van der Waals surface area (Å²) in [5, 5.41) is 10.3. The lowest BCUT2D eigenvalue weighted by Crippen LogP contribution is -2.00. The number of nitro benzene ring substituents is 1. The molecule has 0 saturated heterocycles. The number of benzene rings is 1. The SMILES string of the molecule is NCc1ccc([N+](=O)[O-])c(N)c1. The summed E-state index contributed by atoms with van der Waals surface area (Å²) in [5.74, 6) is 0. The van der Waals surface area contributed by atoms with Crippen LogP contribution in [-0.2, 0) is 6.54 Å². The molecule has 0 fully saturated rings. The van der Waals surface area contributed by atoms with Crippen molar-refractivity contribution in [3.05, 3.63) is 33.9 Å². The fourth-order valence-electron chi connectivity index (χ4n) is 0.897. The first-order valence-corrected chi connectivity index (χ1v) is 3.38. The molecular formula is C7H9N3O2. The molecule has 64 valence electrons. The van der Waals surface area contributed by atoms with E-state index in [2.05, 4.69) is 0 Å². The zero-order valence-electron chi connectivity index (χ0n) is 6.36. The molecule has 0 amide bonds. The van der Waals surface area contributed by atoms with E-state index < -0.39 is 4.92 Å². The Morgan fingerprint density at radius 3 is 2.58 bits per heavy atom. The lowest BCUT2D eigenvalue weighted by atomic mass is 10.2. The Bertz CT molecular complexity index is 312. The first kappa shape index (κ1) is 8.48. The lowest BCUT2D eigenvalue weighted by Gasteiger charge is -1.99. The molecule has 0 bridgehead atoms. The summed E-state index contributed by atoms with van der Waals surface area (Å²) in [4.78, 5) is 9.80. The van der Waals surface area contributed by atoms with E-state index in [1.165, 1.54) is 12.1 Å². The van der Waals surface area contributed by atoms with Gasteiger partial charge in [0, 0.05) is 12.6 Å². The van der Waals surface area contributed by atoms with E-state index in [0.717, 1.165) is 5.56 Å². The van der Waals surface area contributed by atoms with Gasteiger partial charge in [-0.15, -0.1) is 0 Å². The van der Waals surface area contributed by atoms with E-state index in [4.69, 9.17) is 11.5 Å².